The van der Waals surface area contributed by atoms with Crippen LogP contribution >= 0.6 is 0 Å². The second-order valence-corrected chi connectivity index (χ2v) is 7.64. The van der Waals surface area contributed by atoms with Crippen molar-refractivity contribution in [3.63, 3.8) is 0 Å². The Morgan fingerprint density at radius 1 is 1.00 bits per heavy atom. The highest BCUT2D eigenvalue weighted by atomic mass is 16.6. The van der Waals surface area contributed by atoms with E-state index in [1.165, 1.54) is 17.7 Å². The molecule has 3 rings (SSSR count). The SMILES string of the molecule is CCC(C)c1ccc(OCCCOc2ccccc2/C=N/Nc2ccc([N+](=O)[O-])cc2)cc1. The zero-order valence-corrected chi connectivity index (χ0v) is 18.9. The summed E-state index contributed by atoms with van der Waals surface area (Å²) in [5.41, 5.74) is 5.72. The van der Waals surface area contributed by atoms with Crippen LogP contribution in [0.5, 0.6) is 11.5 Å². The van der Waals surface area contributed by atoms with Gasteiger partial charge in [-0.2, -0.15) is 5.10 Å². The molecule has 0 saturated carbocycles. The summed E-state index contributed by atoms with van der Waals surface area (Å²) >= 11 is 0. The molecule has 0 aromatic heterocycles. The minimum absolute atomic E-state index is 0.0374. The Kier molecular flexibility index (Phi) is 8.82. The van der Waals surface area contributed by atoms with Crippen molar-refractivity contribution in [3.8, 4) is 11.5 Å². The van der Waals surface area contributed by atoms with Gasteiger partial charge in [-0.05, 0) is 54.3 Å². The summed E-state index contributed by atoms with van der Waals surface area (Å²) in [7, 11) is 0. The van der Waals surface area contributed by atoms with Gasteiger partial charge < -0.3 is 9.47 Å². The molecule has 33 heavy (non-hydrogen) atoms. The number of benzene rings is 3. The van der Waals surface area contributed by atoms with Gasteiger partial charge in [-0.1, -0.05) is 38.1 Å². The van der Waals surface area contributed by atoms with Gasteiger partial charge >= 0.3 is 0 Å². The fourth-order valence-electron chi connectivity index (χ4n) is 3.11. The summed E-state index contributed by atoms with van der Waals surface area (Å²) in [6, 6.07) is 22.0. The molecular formula is C26H29N3O4. The van der Waals surface area contributed by atoms with E-state index in [0.717, 1.165) is 29.9 Å². The number of anilines is 1. The van der Waals surface area contributed by atoms with Crippen molar-refractivity contribution >= 4 is 17.6 Å². The maximum atomic E-state index is 10.7. The summed E-state index contributed by atoms with van der Waals surface area (Å²) in [5, 5.41) is 14.9. The van der Waals surface area contributed by atoms with E-state index < -0.39 is 4.92 Å². The normalized spacial score (nSPS) is 11.8. The van der Waals surface area contributed by atoms with E-state index in [4.69, 9.17) is 9.47 Å². The number of rotatable bonds is 12. The molecule has 1 N–H and O–H groups in total. The lowest BCUT2D eigenvalue weighted by molar-refractivity contribution is -0.384. The first kappa shape index (κ1) is 23.8. The van der Waals surface area contributed by atoms with Crippen LogP contribution < -0.4 is 14.9 Å². The minimum Gasteiger partial charge on any atom is -0.493 e. The largest absolute Gasteiger partial charge is 0.493 e. The van der Waals surface area contributed by atoms with Gasteiger partial charge in [0.25, 0.3) is 5.69 Å². The molecule has 0 saturated heterocycles. The molecule has 3 aromatic rings. The second kappa shape index (κ2) is 12.2. The molecule has 0 aliphatic heterocycles. The molecule has 3 aromatic carbocycles. The number of nitro benzene ring substituents is 1. The number of hydrogen-bond acceptors (Lipinski definition) is 6. The van der Waals surface area contributed by atoms with Crippen LogP contribution in [-0.2, 0) is 0 Å². The predicted octanol–water partition coefficient (Wildman–Crippen LogP) is 6.40. The Labute approximate surface area is 194 Å². The quantitative estimate of drug-likeness (QED) is 0.150. The monoisotopic (exact) mass is 447 g/mol. The van der Waals surface area contributed by atoms with Crippen LogP contribution in [0.2, 0.25) is 0 Å². The Morgan fingerprint density at radius 3 is 2.39 bits per heavy atom. The van der Waals surface area contributed by atoms with Crippen LogP contribution in [-0.4, -0.2) is 24.4 Å². The third kappa shape index (κ3) is 7.35. The van der Waals surface area contributed by atoms with E-state index in [2.05, 4.69) is 36.5 Å². The van der Waals surface area contributed by atoms with Crippen LogP contribution in [0, 0.1) is 10.1 Å². The highest BCUT2D eigenvalue weighted by molar-refractivity contribution is 5.84. The van der Waals surface area contributed by atoms with Crippen molar-refractivity contribution in [2.75, 3.05) is 18.6 Å². The van der Waals surface area contributed by atoms with Gasteiger partial charge in [0.1, 0.15) is 11.5 Å². The first-order valence-electron chi connectivity index (χ1n) is 11.0. The van der Waals surface area contributed by atoms with E-state index in [1.54, 1.807) is 18.3 Å². The number of ether oxygens (including phenoxy) is 2. The average Bonchev–Trinajstić information content (AvgIpc) is 2.85. The standard InChI is InChI=1S/C26H29N3O4/c1-3-20(2)21-9-15-25(16-10-21)32-17-6-18-33-26-8-5-4-7-22(26)19-27-28-23-11-13-24(14-12-23)29(30)31/h4-5,7-16,19-20,28H,3,6,17-18H2,1-2H3/b27-19+. The van der Waals surface area contributed by atoms with Gasteiger partial charge in [0.2, 0.25) is 0 Å². The number of nitro groups is 1. The Morgan fingerprint density at radius 2 is 1.70 bits per heavy atom. The number of hydrazone groups is 1. The smallest absolute Gasteiger partial charge is 0.269 e. The topological polar surface area (TPSA) is 86.0 Å². The lowest BCUT2D eigenvalue weighted by Crippen LogP contribution is -2.06. The van der Waals surface area contributed by atoms with E-state index in [1.807, 2.05) is 36.4 Å². The maximum absolute atomic E-state index is 10.7. The van der Waals surface area contributed by atoms with Crippen LogP contribution in [0.25, 0.3) is 0 Å². The third-order valence-electron chi connectivity index (χ3n) is 5.27. The summed E-state index contributed by atoms with van der Waals surface area (Å²) in [4.78, 5) is 10.3. The van der Waals surface area contributed by atoms with E-state index in [9.17, 15) is 10.1 Å². The average molecular weight is 448 g/mol. The van der Waals surface area contributed by atoms with Crippen LogP contribution in [0.3, 0.4) is 0 Å². The van der Waals surface area contributed by atoms with Crippen LogP contribution in [0.4, 0.5) is 11.4 Å². The Balaban J connectivity index is 1.44. The number of nitrogens with one attached hydrogen (secondary N) is 1. The summed E-state index contributed by atoms with van der Waals surface area (Å²) in [6.45, 7) is 5.50. The number of para-hydroxylation sites is 1. The van der Waals surface area contributed by atoms with Crippen molar-refractivity contribution < 1.29 is 14.4 Å². The first-order valence-corrected chi connectivity index (χ1v) is 11.0. The highest BCUT2D eigenvalue weighted by Crippen LogP contribution is 2.22. The van der Waals surface area contributed by atoms with Gasteiger partial charge in [-0.25, -0.2) is 0 Å². The number of nitrogens with zero attached hydrogens (tertiary/aromatic N) is 2. The van der Waals surface area contributed by atoms with Crippen LogP contribution in [0.15, 0.2) is 77.9 Å². The molecule has 0 amide bonds. The zero-order chi connectivity index (χ0) is 23.5. The van der Waals surface area contributed by atoms with E-state index in [-0.39, 0.29) is 5.69 Å². The van der Waals surface area contributed by atoms with Gasteiger partial charge in [0.05, 0.1) is 30.0 Å². The van der Waals surface area contributed by atoms with Crippen molar-refractivity contribution in [1.29, 1.82) is 0 Å². The molecule has 0 radical (unpaired) electrons. The maximum Gasteiger partial charge on any atom is 0.269 e. The molecule has 0 fully saturated rings. The molecule has 0 heterocycles. The van der Waals surface area contributed by atoms with Crippen LogP contribution in [0.1, 0.15) is 43.7 Å². The van der Waals surface area contributed by atoms with E-state index >= 15 is 0 Å². The van der Waals surface area contributed by atoms with Crippen molar-refractivity contribution in [2.45, 2.75) is 32.6 Å². The Hall–Kier alpha value is -3.87. The predicted molar refractivity (Wildman–Crippen MR) is 132 cm³/mol. The van der Waals surface area contributed by atoms with E-state index in [0.29, 0.717) is 24.8 Å². The number of hydrogen-bond donors (Lipinski definition) is 1. The molecule has 0 aliphatic carbocycles. The molecule has 172 valence electrons. The second-order valence-electron chi connectivity index (χ2n) is 7.64. The molecular weight excluding hydrogens is 418 g/mol. The fraction of sp³-hybridized carbons (Fsp3) is 0.269. The molecule has 0 spiro atoms. The molecule has 0 bridgehead atoms. The first-order chi connectivity index (χ1) is 16.1. The van der Waals surface area contributed by atoms with Gasteiger partial charge in [-0.15, -0.1) is 0 Å². The van der Waals surface area contributed by atoms with Crippen molar-refractivity contribution in [3.05, 3.63) is 94.0 Å². The van der Waals surface area contributed by atoms with Gasteiger partial charge in [-0.3, -0.25) is 15.5 Å². The third-order valence-corrected chi connectivity index (χ3v) is 5.27. The summed E-state index contributed by atoms with van der Waals surface area (Å²) in [5.74, 6) is 2.15. The Bertz CT molecular complexity index is 1050. The van der Waals surface area contributed by atoms with Gasteiger partial charge in [0.15, 0.2) is 0 Å². The zero-order valence-electron chi connectivity index (χ0n) is 18.9. The molecule has 0 aliphatic rings. The minimum atomic E-state index is -0.435. The lowest BCUT2D eigenvalue weighted by atomic mass is 9.99. The molecule has 1 unspecified atom stereocenters. The fourth-order valence-corrected chi connectivity index (χ4v) is 3.11. The highest BCUT2D eigenvalue weighted by Gasteiger charge is 2.05. The summed E-state index contributed by atoms with van der Waals surface area (Å²) in [6.07, 6.45) is 3.53. The van der Waals surface area contributed by atoms with Crippen molar-refractivity contribution in [1.82, 2.24) is 0 Å². The summed E-state index contributed by atoms with van der Waals surface area (Å²) < 4.78 is 11.7. The lowest BCUT2D eigenvalue weighted by Gasteiger charge is -2.12. The number of non-ortho nitro benzene ring substituents is 1. The molecule has 1 atom stereocenters. The molecule has 7 nitrogen and oxygen atoms in total. The van der Waals surface area contributed by atoms with Crippen molar-refractivity contribution in [2.24, 2.45) is 5.10 Å². The molecule has 7 heteroatoms. The van der Waals surface area contributed by atoms with Gasteiger partial charge in [0, 0.05) is 24.1 Å².